The molecular formula is C20H28O5. The first-order valence-corrected chi connectivity index (χ1v) is 8.87. The molecule has 2 rings (SSSR count). The average molecular weight is 348 g/mol. The highest BCUT2D eigenvalue weighted by Crippen LogP contribution is 2.37. The first-order chi connectivity index (χ1) is 11.9. The van der Waals surface area contributed by atoms with Crippen LogP contribution in [0.3, 0.4) is 0 Å². The summed E-state index contributed by atoms with van der Waals surface area (Å²) in [7, 11) is 0. The summed E-state index contributed by atoms with van der Waals surface area (Å²) in [5.41, 5.74) is 2.48. The highest BCUT2D eigenvalue weighted by atomic mass is 16.6. The van der Waals surface area contributed by atoms with E-state index < -0.39 is 18.2 Å². The Hall–Kier alpha value is -1.88. The van der Waals surface area contributed by atoms with E-state index in [1.807, 2.05) is 26.0 Å². The Kier molecular flexibility index (Phi) is 6.59. The summed E-state index contributed by atoms with van der Waals surface area (Å²) in [6.45, 7) is 7.22. The zero-order valence-corrected chi connectivity index (χ0v) is 15.5. The molecule has 0 bridgehead atoms. The van der Waals surface area contributed by atoms with Gasteiger partial charge in [0, 0.05) is 12.0 Å². The number of ether oxygens (including phenoxy) is 2. The van der Waals surface area contributed by atoms with Gasteiger partial charge in [-0.3, -0.25) is 4.79 Å². The summed E-state index contributed by atoms with van der Waals surface area (Å²) in [5.74, 6) is -1.29. The monoisotopic (exact) mass is 348 g/mol. The van der Waals surface area contributed by atoms with Gasteiger partial charge in [0.2, 0.25) is 0 Å². The Morgan fingerprint density at radius 1 is 1.48 bits per heavy atom. The number of fused-ring (bicyclic) bond motifs is 1. The van der Waals surface area contributed by atoms with Crippen molar-refractivity contribution in [3.63, 3.8) is 0 Å². The minimum atomic E-state index is -0.519. The predicted molar refractivity (Wildman–Crippen MR) is 94.6 cm³/mol. The molecule has 138 valence electrons. The van der Waals surface area contributed by atoms with E-state index in [0.29, 0.717) is 12.0 Å². The average Bonchev–Trinajstić information content (AvgIpc) is 2.85. The van der Waals surface area contributed by atoms with Crippen molar-refractivity contribution in [1.82, 2.24) is 0 Å². The molecule has 1 saturated heterocycles. The van der Waals surface area contributed by atoms with Crippen molar-refractivity contribution in [3.8, 4) is 0 Å². The molecule has 1 aliphatic carbocycles. The molecule has 25 heavy (non-hydrogen) atoms. The summed E-state index contributed by atoms with van der Waals surface area (Å²) in [5, 5.41) is 9.67. The number of carbonyl (C=O) groups excluding carboxylic acids is 2. The van der Waals surface area contributed by atoms with Crippen molar-refractivity contribution < 1.29 is 24.2 Å². The number of rotatable bonds is 3. The Labute approximate surface area is 149 Å². The third kappa shape index (κ3) is 4.60. The lowest BCUT2D eigenvalue weighted by molar-refractivity contribution is -0.148. The van der Waals surface area contributed by atoms with Crippen molar-refractivity contribution >= 4 is 11.9 Å². The van der Waals surface area contributed by atoms with Crippen molar-refractivity contribution in [2.75, 3.05) is 6.61 Å². The second kappa shape index (κ2) is 8.48. The van der Waals surface area contributed by atoms with Gasteiger partial charge in [0.05, 0.1) is 18.4 Å². The van der Waals surface area contributed by atoms with Gasteiger partial charge in [-0.2, -0.15) is 0 Å². The van der Waals surface area contributed by atoms with Crippen LogP contribution in [0.1, 0.15) is 47.0 Å². The van der Waals surface area contributed by atoms with Crippen LogP contribution in [0.15, 0.2) is 34.9 Å². The number of carbonyl (C=O) groups is 2. The maximum absolute atomic E-state index is 12.3. The molecule has 0 aromatic carbocycles. The van der Waals surface area contributed by atoms with Crippen LogP contribution in [-0.2, 0) is 19.1 Å². The molecule has 1 N–H and O–H groups in total. The zero-order chi connectivity index (χ0) is 18.6. The molecule has 2 aliphatic rings. The van der Waals surface area contributed by atoms with Crippen LogP contribution in [0, 0.1) is 11.8 Å². The normalized spacial score (nSPS) is 30.8. The maximum Gasteiger partial charge on any atom is 0.333 e. The smallest absolute Gasteiger partial charge is 0.333 e. The van der Waals surface area contributed by atoms with Gasteiger partial charge in [-0.25, -0.2) is 4.79 Å². The van der Waals surface area contributed by atoms with Crippen LogP contribution in [0.2, 0.25) is 0 Å². The maximum atomic E-state index is 12.3. The third-order valence-electron chi connectivity index (χ3n) is 5.11. The highest BCUT2D eigenvalue weighted by molar-refractivity contribution is 5.87. The first kappa shape index (κ1) is 19.4. The minimum absolute atomic E-state index is 0.0834. The van der Waals surface area contributed by atoms with Crippen LogP contribution >= 0.6 is 0 Å². The Morgan fingerprint density at radius 2 is 2.20 bits per heavy atom. The highest BCUT2D eigenvalue weighted by Gasteiger charge is 2.47. The lowest BCUT2D eigenvalue weighted by atomic mass is 9.82. The molecule has 0 aromatic rings. The molecule has 0 saturated carbocycles. The van der Waals surface area contributed by atoms with Crippen molar-refractivity contribution in [3.05, 3.63) is 34.9 Å². The molecule has 1 fully saturated rings. The molecule has 5 nitrogen and oxygen atoms in total. The van der Waals surface area contributed by atoms with Crippen molar-refractivity contribution in [1.29, 1.82) is 0 Å². The van der Waals surface area contributed by atoms with E-state index in [2.05, 4.69) is 0 Å². The van der Waals surface area contributed by atoms with Gasteiger partial charge in [0.1, 0.15) is 12.2 Å². The van der Waals surface area contributed by atoms with Crippen LogP contribution in [0.25, 0.3) is 0 Å². The van der Waals surface area contributed by atoms with Gasteiger partial charge in [-0.15, -0.1) is 0 Å². The summed E-state index contributed by atoms with van der Waals surface area (Å²) in [6.07, 6.45) is 6.82. The van der Waals surface area contributed by atoms with Crippen LogP contribution in [-0.4, -0.2) is 35.9 Å². The number of aliphatic hydroxyl groups excluding tert-OH is 1. The summed E-state index contributed by atoms with van der Waals surface area (Å²) in [6, 6.07) is 0. The van der Waals surface area contributed by atoms with E-state index in [9.17, 15) is 14.7 Å². The lowest BCUT2D eigenvalue weighted by Gasteiger charge is -2.29. The van der Waals surface area contributed by atoms with E-state index in [0.717, 1.165) is 24.0 Å². The molecule has 1 aliphatic heterocycles. The SMILES string of the molecule is CC=C(C)C(=O)OC1CC(CO)=CCCC(C)=CC2OC(=O)C(C)C21. The van der Waals surface area contributed by atoms with Gasteiger partial charge < -0.3 is 14.6 Å². The molecule has 0 spiro atoms. The van der Waals surface area contributed by atoms with Gasteiger partial charge in [-0.05, 0) is 45.3 Å². The van der Waals surface area contributed by atoms with Gasteiger partial charge in [0.15, 0.2) is 0 Å². The fourth-order valence-electron chi connectivity index (χ4n) is 3.38. The third-order valence-corrected chi connectivity index (χ3v) is 5.11. The number of allylic oxidation sites excluding steroid dienone is 3. The number of aliphatic hydroxyl groups is 1. The van der Waals surface area contributed by atoms with E-state index in [-0.39, 0.29) is 24.4 Å². The topological polar surface area (TPSA) is 72.8 Å². The van der Waals surface area contributed by atoms with Crippen LogP contribution < -0.4 is 0 Å². The number of hydrogen-bond donors (Lipinski definition) is 1. The second-order valence-corrected chi connectivity index (χ2v) is 6.96. The molecule has 0 aromatic heterocycles. The van der Waals surface area contributed by atoms with E-state index in [4.69, 9.17) is 9.47 Å². The molecule has 5 heteroatoms. The molecule has 4 unspecified atom stereocenters. The summed E-state index contributed by atoms with van der Waals surface area (Å²) >= 11 is 0. The van der Waals surface area contributed by atoms with Crippen LogP contribution in [0.4, 0.5) is 0 Å². The Morgan fingerprint density at radius 3 is 2.84 bits per heavy atom. The number of hydrogen-bond acceptors (Lipinski definition) is 5. The largest absolute Gasteiger partial charge is 0.458 e. The molecule has 1 heterocycles. The van der Waals surface area contributed by atoms with Gasteiger partial charge >= 0.3 is 11.9 Å². The van der Waals surface area contributed by atoms with Gasteiger partial charge in [-0.1, -0.05) is 24.6 Å². The first-order valence-electron chi connectivity index (χ1n) is 8.87. The van der Waals surface area contributed by atoms with Gasteiger partial charge in [0.25, 0.3) is 0 Å². The van der Waals surface area contributed by atoms with E-state index in [1.54, 1.807) is 19.9 Å². The zero-order valence-electron chi connectivity index (χ0n) is 15.5. The molecule has 0 amide bonds. The summed E-state index contributed by atoms with van der Waals surface area (Å²) < 4.78 is 11.3. The van der Waals surface area contributed by atoms with Crippen LogP contribution in [0.5, 0.6) is 0 Å². The van der Waals surface area contributed by atoms with Crippen molar-refractivity contribution in [2.45, 2.75) is 59.2 Å². The molecular weight excluding hydrogens is 320 g/mol. The van der Waals surface area contributed by atoms with E-state index in [1.165, 1.54) is 0 Å². The quantitative estimate of drug-likeness (QED) is 0.482. The molecule has 0 radical (unpaired) electrons. The Bertz CT molecular complexity index is 612. The van der Waals surface area contributed by atoms with E-state index >= 15 is 0 Å². The molecule has 4 atom stereocenters. The lowest BCUT2D eigenvalue weighted by Crippen LogP contribution is -2.36. The predicted octanol–water partition coefficient (Wildman–Crippen LogP) is 3.09. The minimum Gasteiger partial charge on any atom is -0.458 e. The fraction of sp³-hybridized carbons (Fsp3) is 0.600. The Balaban J connectivity index is 2.39. The fourth-order valence-corrected chi connectivity index (χ4v) is 3.38. The standard InChI is InChI=1S/C20H28O5/c1-5-13(3)19(22)24-17-10-15(11-21)8-6-7-12(2)9-16-18(17)14(4)20(23)25-16/h5,8-9,14,16-18,21H,6-7,10-11H2,1-4H3. The number of esters is 2. The second-order valence-electron chi connectivity index (χ2n) is 6.96. The summed E-state index contributed by atoms with van der Waals surface area (Å²) in [4.78, 5) is 24.5. The van der Waals surface area contributed by atoms with Crippen molar-refractivity contribution in [2.24, 2.45) is 11.8 Å².